The van der Waals surface area contributed by atoms with E-state index in [1.54, 1.807) is 12.3 Å². The van der Waals surface area contributed by atoms with E-state index in [9.17, 15) is 0 Å². The van der Waals surface area contributed by atoms with E-state index in [2.05, 4.69) is 10.3 Å². The molecule has 6 heteroatoms. The molecule has 4 nitrogen and oxygen atoms in total. The lowest BCUT2D eigenvalue weighted by Crippen LogP contribution is -2.23. The van der Waals surface area contributed by atoms with Crippen LogP contribution in [0.25, 0.3) is 0 Å². The molecular formula is C14H17Cl2N3O. The van der Waals surface area contributed by atoms with E-state index >= 15 is 0 Å². The third kappa shape index (κ3) is 3.38. The predicted octanol–water partition coefficient (Wildman–Crippen LogP) is 4.44. The first kappa shape index (κ1) is 15.0. The molecule has 0 saturated carbocycles. The van der Waals surface area contributed by atoms with Gasteiger partial charge in [-0.3, -0.25) is 0 Å². The Bertz CT molecular complexity index is 558. The van der Waals surface area contributed by atoms with Gasteiger partial charge in [-0.15, -0.1) is 0 Å². The number of aromatic nitrogens is 1. The number of hydrogen-bond acceptors (Lipinski definition) is 4. The van der Waals surface area contributed by atoms with Crippen molar-refractivity contribution in [1.29, 1.82) is 0 Å². The minimum Gasteiger partial charge on any atom is -0.467 e. The molecule has 0 aliphatic carbocycles. The molecule has 2 aromatic rings. The van der Waals surface area contributed by atoms with Gasteiger partial charge in [0.1, 0.15) is 17.4 Å². The van der Waals surface area contributed by atoms with Crippen molar-refractivity contribution >= 4 is 34.8 Å². The number of nitrogens with zero attached hydrogens (tertiary/aromatic N) is 2. The highest BCUT2D eigenvalue weighted by molar-refractivity contribution is 6.37. The molecule has 2 rings (SSSR count). The van der Waals surface area contributed by atoms with Crippen molar-refractivity contribution in [2.75, 3.05) is 23.3 Å². The summed E-state index contributed by atoms with van der Waals surface area (Å²) in [6.07, 6.45) is 1.66. The van der Waals surface area contributed by atoms with Gasteiger partial charge >= 0.3 is 0 Å². The molecule has 0 aliphatic rings. The molecule has 1 N–H and O–H groups in total. The van der Waals surface area contributed by atoms with Crippen LogP contribution in [0.4, 0.5) is 11.6 Å². The van der Waals surface area contributed by atoms with Crippen LogP contribution in [0.3, 0.4) is 0 Å². The van der Waals surface area contributed by atoms with Gasteiger partial charge in [0.05, 0.1) is 22.9 Å². The SMILES string of the molecule is CCNc1nc(N(CC)Cc2ccco2)c(Cl)cc1Cl. The Balaban J connectivity index is 2.30. The summed E-state index contributed by atoms with van der Waals surface area (Å²) in [6.45, 7) is 6.16. The first-order valence-electron chi connectivity index (χ1n) is 6.53. The molecule has 0 aromatic carbocycles. The van der Waals surface area contributed by atoms with Crippen LogP contribution < -0.4 is 10.2 Å². The van der Waals surface area contributed by atoms with Crippen molar-refractivity contribution in [1.82, 2.24) is 4.98 Å². The number of hydrogen-bond donors (Lipinski definition) is 1. The molecule has 0 atom stereocenters. The molecule has 0 radical (unpaired) electrons. The average molecular weight is 314 g/mol. The van der Waals surface area contributed by atoms with Crippen LogP contribution >= 0.6 is 23.2 Å². The zero-order valence-electron chi connectivity index (χ0n) is 11.5. The van der Waals surface area contributed by atoms with E-state index in [1.165, 1.54) is 0 Å². The maximum Gasteiger partial charge on any atom is 0.150 e. The van der Waals surface area contributed by atoms with Gasteiger partial charge in [0, 0.05) is 13.1 Å². The summed E-state index contributed by atoms with van der Waals surface area (Å²) in [4.78, 5) is 6.56. The Labute approximate surface area is 128 Å². The summed E-state index contributed by atoms with van der Waals surface area (Å²) in [6, 6.07) is 5.51. The predicted molar refractivity (Wildman–Crippen MR) is 83.9 cm³/mol. The Morgan fingerprint density at radius 3 is 2.70 bits per heavy atom. The van der Waals surface area contributed by atoms with Crippen LogP contribution in [0.15, 0.2) is 28.9 Å². The van der Waals surface area contributed by atoms with Gasteiger partial charge in [0.25, 0.3) is 0 Å². The molecule has 0 fully saturated rings. The number of halogens is 2. The monoisotopic (exact) mass is 313 g/mol. The van der Waals surface area contributed by atoms with Crippen LogP contribution in [-0.2, 0) is 6.54 Å². The van der Waals surface area contributed by atoms with Crippen molar-refractivity contribution in [3.8, 4) is 0 Å². The van der Waals surface area contributed by atoms with Gasteiger partial charge in [-0.2, -0.15) is 0 Å². The molecule has 0 saturated heterocycles. The quantitative estimate of drug-likeness (QED) is 0.856. The summed E-state index contributed by atoms with van der Waals surface area (Å²) in [5.74, 6) is 2.21. The topological polar surface area (TPSA) is 41.3 Å². The zero-order valence-corrected chi connectivity index (χ0v) is 13.0. The molecule has 108 valence electrons. The minimum atomic E-state index is 0.523. The van der Waals surface area contributed by atoms with Crippen molar-refractivity contribution in [2.45, 2.75) is 20.4 Å². The maximum absolute atomic E-state index is 6.27. The molecule has 0 spiro atoms. The number of rotatable bonds is 6. The smallest absolute Gasteiger partial charge is 0.150 e. The standard InChI is InChI=1S/C14H17Cl2N3O/c1-3-17-13-11(15)8-12(16)14(18-13)19(4-2)9-10-6-5-7-20-10/h5-8H,3-4,9H2,1-2H3,(H,17,18). The van der Waals surface area contributed by atoms with E-state index < -0.39 is 0 Å². The second-order valence-electron chi connectivity index (χ2n) is 4.25. The van der Waals surface area contributed by atoms with Gasteiger partial charge in [0.2, 0.25) is 0 Å². The van der Waals surface area contributed by atoms with E-state index in [-0.39, 0.29) is 0 Å². The first-order valence-corrected chi connectivity index (χ1v) is 7.28. The van der Waals surface area contributed by atoms with Crippen LogP contribution in [0.2, 0.25) is 10.0 Å². The van der Waals surface area contributed by atoms with Crippen molar-refractivity contribution in [3.63, 3.8) is 0 Å². The van der Waals surface area contributed by atoms with Crippen LogP contribution in [0.5, 0.6) is 0 Å². The molecule has 2 heterocycles. The number of pyridine rings is 1. The first-order chi connectivity index (χ1) is 9.65. The molecule has 20 heavy (non-hydrogen) atoms. The number of anilines is 2. The van der Waals surface area contributed by atoms with Crippen LogP contribution in [-0.4, -0.2) is 18.1 Å². The molecule has 0 unspecified atom stereocenters. The fourth-order valence-electron chi connectivity index (χ4n) is 1.90. The third-order valence-corrected chi connectivity index (χ3v) is 3.43. The summed E-state index contributed by atoms with van der Waals surface area (Å²) in [5.41, 5.74) is 0. The molecule has 0 bridgehead atoms. The molecule has 0 amide bonds. The van der Waals surface area contributed by atoms with Crippen molar-refractivity contribution < 1.29 is 4.42 Å². The summed E-state index contributed by atoms with van der Waals surface area (Å²) in [7, 11) is 0. The second kappa shape index (κ2) is 6.86. The largest absolute Gasteiger partial charge is 0.467 e. The van der Waals surface area contributed by atoms with Crippen LogP contribution in [0, 0.1) is 0 Å². The summed E-state index contributed by atoms with van der Waals surface area (Å²) < 4.78 is 5.37. The van der Waals surface area contributed by atoms with E-state index in [4.69, 9.17) is 27.6 Å². The summed E-state index contributed by atoms with van der Waals surface area (Å²) in [5, 5.41) is 4.18. The molecular weight excluding hydrogens is 297 g/mol. The van der Waals surface area contributed by atoms with E-state index in [1.807, 2.05) is 30.9 Å². The Morgan fingerprint density at radius 1 is 1.30 bits per heavy atom. The Morgan fingerprint density at radius 2 is 2.10 bits per heavy atom. The highest BCUT2D eigenvalue weighted by atomic mass is 35.5. The fraction of sp³-hybridized carbons (Fsp3) is 0.357. The van der Waals surface area contributed by atoms with Gasteiger partial charge < -0.3 is 14.6 Å². The Kier molecular flexibility index (Phi) is 5.15. The third-order valence-electron chi connectivity index (χ3n) is 2.86. The van der Waals surface area contributed by atoms with E-state index in [0.29, 0.717) is 28.2 Å². The molecule has 2 aromatic heterocycles. The van der Waals surface area contributed by atoms with Crippen molar-refractivity contribution in [2.24, 2.45) is 0 Å². The zero-order chi connectivity index (χ0) is 14.5. The highest BCUT2D eigenvalue weighted by Crippen LogP contribution is 2.32. The number of nitrogens with one attached hydrogen (secondary N) is 1. The molecule has 0 aliphatic heterocycles. The number of furan rings is 1. The van der Waals surface area contributed by atoms with E-state index in [0.717, 1.165) is 18.8 Å². The van der Waals surface area contributed by atoms with Gasteiger partial charge in [-0.25, -0.2) is 4.98 Å². The lowest BCUT2D eigenvalue weighted by atomic mass is 10.3. The normalized spacial score (nSPS) is 10.6. The lowest BCUT2D eigenvalue weighted by molar-refractivity contribution is 0.503. The summed E-state index contributed by atoms with van der Waals surface area (Å²) >= 11 is 12.4. The van der Waals surface area contributed by atoms with Gasteiger partial charge in [-0.1, -0.05) is 23.2 Å². The second-order valence-corrected chi connectivity index (χ2v) is 5.06. The van der Waals surface area contributed by atoms with Gasteiger partial charge in [0.15, 0.2) is 0 Å². The lowest BCUT2D eigenvalue weighted by Gasteiger charge is -2.23. The van der Waals surface area contributed by atoms with Crippen molar-refractivity contribution in [3.05, 3.63) is 40.3 Å². The minimum absolute atomic E-state index is 0.523. The highest BCUT2D eigenvalue weighted by Gasteiger charge is 2.15. The average Bonchev–Trinajstić information content (AvgIpc) is 2.92. The van der Waals surface area contributed by atoms with Gasteiger partial charge in [-0.05, 0) is 32.0 Å². The fourth-order valence-corrected chi connectivity index (χ4v) is 2.44. The Hall–Kier alpha value is -1.39. The van der Waals surface area contributed by atoms with Crippen LogP contribution in [0.1, 0.15) is 19.6 Å². The maximum atomic E-state index is 6.27.